The SMILES string of the molecule is C=CC(=O)OCCOC(=O)CCCCCOC(=O)CCCCCCCCC(CCCCCCCC)C(CCCCCCCC)CCCCCCCCC(=O)NCCNC(=O)CCCCCCCCC(CCCCCCCC)C(CCCCCCCC)CCCCCCCCC(C)=O. The molecule has 4 unspecified atom stereocenters. The molecule has 11 nitrogen and oxygen atoms in total. The lowest BCUT2D eigenvalue weighted by Crippen LogP contribution is -2.34. The summed E-state index contributed by atoms with van der Waals surface area (Å²) in [5, 5.41) is 6.12. The zero-order valence-electron chi connectivity index (χ0n) is 65.1. The molecule has 0 aliphatic rings. The lowest BCUT2D eigenvalue weighted by atomic mass is 9.78. The van der Waals surface area contributed by atoms with Gasteiger partial charge in [-0.15, -0.1) is 0 Å². The fourth-order valence-electron chi connectivity index (χ4n) is 14.7. The number of esters is 3. The number of hydrogen-bond acceptors (Lipinski definition) is 9. The fourth-order valence-corrected chi connectivity index (χ4v) is 14.7. The summed E-state index contributed by atoms with van der Waals surface area (Å²) in [7, 11) is 0. The van der Waals surface area contributed by atoms with Gasteiger partial charge in [0, 0.05) is 51.3 Å². The standard InChI is InChI=1S/C86H162N2O9/c1-7-12-16-20-33-46-60-78(64-50-37-25-24-32-45-59-77(6)89)79(61-47-34-21-17-13-8-2)65-51-38-26-29-41-54-68-82(90)87-72-73-88-83(91)69-55-42-30-27-39-52-66-80(62-48-35-22-18-14-9-3)81(63-49-36-23-19-15-10-4)67-53-40-28-31-43-56-70-85(93)95-74-58-44-57-71-86(94)97-76-75-96-84(92)11-5/h11,78-81H,5,7-10,12-76H2,1-4,6H3,(H,87,90)(H,88,91). The van der Waals surface area contributed by atoms with E-state index in [-0.39, 0.29) is 37.0 Å². The summed E-state index contributed by atoms with van der Waals surface area (Å²) in [4.78, 5) is 72.2. The van der Waals surface area contributed by atoms with E-state index in [1.807, 2.05) is 0 Å². The van der Waals surface area contributed by atoms with Crippen LogP contribution in [0.2, 0.25) is 0 Å². The number of amides is 2. The van der Waals surface area contributed by atoms with Crippen LogP contribution >= 0.6 is 0 Å². The lowest BCUT2D eigenvalue weighted by Gasteiger charge is -2.28. The molecule has 570 valence electrons. The van der Waals surface area contributed by atoms with Crippen molar-refractivity contribution in [1.82, 2.24) is 10.6 Å². The van der Waals surface area contributed by atoms with E-state index in [0.29, 0.717) is 57.6 Å². The number of unbranched alkanes of at least 4 members (excludes halogenated alkanes) is 42. The topological polar surface area (TPSA) is 154 Å². The molecule has 0 aliphatic heterocycles. The first-order valence-corrected chi connectivity index (χ1v) is 42.6. The van der Waals surface area contributed by atoms with Gasteiger partial charge in [-0.1, -0.05) is 368 Å². The second kappa shape index (κ2) is 75.4. The average Bonchev–Trinajstić information content (AvgIpc) is 3.45. The summed E-state index contributed by atoms with van der Waals surface area (Å²) in [5.41, 5.74) is 0. The Labute approximate surface area is 600 Å². The minimum atomic E-state index is -0.537. The zero-order valence-corrected chi connectivity index (χ0v) is 65.1. The molecular formula is C86H162N2O9. The van der Waals surface area contributed by atoms with Gasteiger partial charge in [-0.05, 0) is 75.5 Å². The maximum absolute atomic E-state index is 12.7. The van der Waals surface area contributed by atoms with E-state index in [0.717, 1.165) is 94.0 Å². The zero-order chi connectivity index (χ0) is 70.8. The first kappa shape index (κ1) is 93.8. The second-order valence-electron chi connectivity index (χ2n) is 29.9. The van der Waals surface area contributed by atoms with E-state index in [2.05, 4.69) is 44.9 Å². The van der Waals surface area contributed by atoms with E-state index in [1.54, 1.807) is 6.92 Å². The predicted octanol–water partition coefficient (Wildman–Crippen LogP) is 25.1. The van der Waals surface area contributed by atoms with Crippen LogP contribution in [0.1, 0.15) is 446 Å². The van der Waals surface area contributed by atoms with Crippen molar-refractivity contribution in [3.05, 3.63) is 12.7 Å². The molecule has 4 atom stereocenters. The van der Waals surface area contributed by atoms with E-state index >= 15 is 0 Å². The van der Waals surface area contributed by atoms with Gasteiger partial charge >= 0.3 is 17.9 Å². The molecule has 2 N–H and O–H groups in total. The molecule has 11 heteroatoms. The smallest absolute Gasteiger partial charge is 0.330 e. The normalized spacial score (nSPS) is 12.7. The lowest BCUT2D eigenvalue weighted by molar-refractivity contribution is -0.149. The van der Waals surface area contributed by atoms with Crippen LogP contribution in [0, 0.1) is 23.7 Å². The number of carbonyl (C=O) groups excluding carboxylic acids is 6. The van der Waals surface area contributed by atoms with Crippen LogP contribution in [0.15, 0.2) is 12.7 Å². The molecule has 97 heavy (non-hydrogen) atoms. The molecule has 0 saturated heterocycles. The first-order valence-electron chi connectivity index (χ1n) is 42.6. The highest BCUT2D eigenvalue weighted by atomic mass is 16.6. The summed E-state index contributed by atoms with van der Waals surface area (Å²) >= 11 is 0. The van der Waals surface area contributed by atoms with Crippen molar-refractivity contribution in [2.24, 2.45) is 23.7 Å². The van der Waals surface area contributed by atoms with Gasteiger partial charge in [0.05, 0.1) is 6.61 Å². The molecule has 0 spiro atoms. The number of carbonyl (C=O) groups is 6. The van der Waals surface area contributed by atoms with Crippen molar-refractivity contribution < 1.29 is 43.0 Å². The van der Waals surface area contributed by atoms with Crippen LogP contribution in [-0.2, 0) is 43.0 Å². The molecule has 0 aromatic rings. The molecule has 0 aromatic heterocycles. The third-order valence-corrected chi connectivity index (χ3v) is 20.9. The summed E-state index contributed by atoms with van der Waals surface area (Å²) in [6.45, 7) is 15.8. The Bertz CT molecular complexity index is 1770. The number of nitrogens with one attached hydrogen (secondary N) is 2. The number of rotatable bonds is 79. The highest BCUT2D eigenvalue weighted by molar-refractivity contribution is 5.81. The molecule has 0 aromatic carbocycles. The van der Waals surface area contributed by atoms with Crippen LogP contribution in [0.25, 0.3) is 0 Å². The maximum Gasteiger partial charge on any atom is 0.330 e. The summed E-state index contributed by atoms with van der Waals surface area (Å²) in [5.74, 6) is 3.00. The Hall–Kier alpha value is -3.24. The van der Waals surface area contributed by atoms with Gasteiger partial charge in [0.2, 0.25) is 11.8 Å². The van der Waals surface area contributed by atoms with Gasteiger partial charge < -0.3 is 29.6 Å². The summed E-state index contributed by atoms with van der Waals surface area (Å²) in [6.07, 6.45) is 79.0. The van der Waals surface area contributed by atoms with Crippen LogP contribution in [0.5, 0.6) is 0 Å². The Kier molecular flexibility index (Phi) is 72.9. The van der Waals surface area contributed by atoms with Crippen LogP contribution in [0.3, 0.4) is 0 Å². The van der Waals surface area contributed by atoms with Crippen molar-refractivity contribution in [3.63, 3.8) is 0 Å². The van der Waals surface area contributed by atoms with Crippen LogP contribution in [0.4, 0.5) is 0 Å². The number of ketones is 1. The van der Waals surface area contributed by atoms with Crippen molar-refractivity contribution in [2.75, 3.05) is 32.9 Å². The van der Waals surface area contributed by atoms with Gasteiger partial charge in [-0.25, -0.2) is 4.79 Å². The Morgan fingerprint density at radius 3 is 0.784 bits per heavy atom. The molecule has 0 radical (unpaired) electrons. The molecule has 0 saturated carbocycles. The van der Waals surface area contributed by atoms with Gasteiger partial charge in [0.25, 0.3) is 0 Å². The van der Waals surface area contributed by atoms with Gasteiger partial charge in [-0.2, -0.15) is 0 Å². The molecule has 0 heterocycles. The second-order valence-corrected chi connectivity index (χ2v) is 29.9. The highest BCUT2D eigenvalue weighted by Gasteiger charge is 2.23. The minimum Gasteiger partial charge on any atom is -0.466 e. The number of Topliss-reactive ketones (excluding diaryl/α,β-unsaturated/α-hetero) is 1. The van der Waals surface area contributed by atoms with E-state index < -0.39 is 5.97 Å². The minimum absolute atomic E-state index is 0.0194. The molecule has 0 rings (SSSR count). The Morgan fingerprint density at radius 2 is 0.505 bits per heavy atom. The average molecular weight is 1370 g/mol. The first-order chi connectivity index (χ1) is 47.5. The predicted molar refractivity (Wildman–Crippen MR) is 412 cm³/mol. The van der Waals surface area contributed by atoms with Gasteiger partial charge in [-0.3, -0.25) is 19.2 Å². The monoisotopic (exact) mass is 1370 g/mol. The Morgan fingerprint density at radius 1 is 0.278 bits per heavy atom. The molecule has 2 amide bonds. The van der Waals surface area contributed by atoms with Gasteiger partial charge in [0.1, 0.15) is 19.0 Å². The van der Waals surface area contributed by atoms with Crippen LogP contribution in [-0.4, -0.2) is 68.4 Å². The van der Waals surface area contributed by atoms with Crippen LogP contribution < -0.4 is 10.6 Å². The van der Waals surface area contributed by atoms with Crippen molar-refractivity contribution >= 4 is 35.5 Å². The molecular weight excluding hydrogens is 1200 g/mol. The number of ether oxygens (including phenoxy) is 3. The molecule has 0 fully saturated rings. The largest absolute Gasteiger partial charge is 0.466 e. The fraction of sp³-hybridized carbons (Fsp3) is 0.907. The number of hydrogen-bond donors (Lipinski definition) is 2. The third kappa shape index (κ3) is 68.3. The van der Waals surface area contributed by atoms with E-state index in [4.69, 9.17) is 14.2 Å². The van der Waals surface area contributed by atoms with E-state index in [9.17, 15) is 28.8 Å². The van der Waals surface area contributed by atoms with Crippen molar-refractivity contribution in [2.45, 2.75) is 446 Å². The third-order valence-electron chi connectivity index (χ3n) is 20.9. The maximum atomic E-state index is 12.7. The highest BCUT2D eigenvalue weighted by Crippen LogP contribution is 2.36. The molecule has 0 aliphatic carbocycles. The van der Waals surface area contributed by atoms with Crippen molar-refractivity contribution in [1.29, 1.82) is 0 Å². The summed E-state index contributed by atoms with van der Waals surface area (Å²) in [6, 6.07) is 0. The van der Waals surface area contributed by atoms with E-state index in [1.165, 1.54) is 315 Å². The summed E-state index contributed by atoms with van der Waals surface area (Å²) < 4.78 is 15.3. The van der Waals surface area contributed by atoms with Crippen molar-refractivity contribution in [3.8, 4) is 0 Å². The Balaban J connectivity index is 4.72. The van der Waals surface area contributed by atoms with Gasteiger partial charge in [0.15, 0.2) is 0 Å². The quantitative estimate of drug-likeness (QED) is 0.0262. The molecule has 0 bridgehead atoms.